The Kier molecular flexibility index (Phi) is 19.1. The zero-order valence-corrected chi connectivity index (χ0v) is 26.2. The second kappa shape index (κ2) is 20.7. The van der Waals surface area contributed by atoms with Gasteiger partial charge in [-0.25, -0.2) is 19.2 Å². The summed E-state index contributed by atoms with van der Waals surface area (Å²) in [6.07, 6.45) is 4.25. The molecule has 0 rings (SSSR count). The topological polar surface area (TPSA) is 105 Å². The Labute approximate surface area is 247 Å². The van der Waals surface area contributed by atoms with Gasteiger partial charge in [0.1, 0.15) is 24.4 Å². The van der Waals surface area contributed by atoms with E-state index in [1.807, 2.05) is 6.92 Å². The third-order valence-electron chi connectivity index (χ3n) is 6.41. The van der Waals surface area contributed by atoms with E-state index in [9.17, 15) is 19.2 Å². The third kappa shape index (κ3) is 16.0. The minimum atomic E-state index is -1.02. The molecule has 8 nitrogen and oxygen atoms in total. The standard InChI is InChI=1S/C33H52O8/c1-11-13-15-16-18-20-27(39-31(35)23(5)6)29(41-33(37)25(9)10)21-28(40-32(36)24(7)8)26(19-17-14-12-2)38-30(34)22(3)4/h26-29H,3,5,7,9,11-21H2,1-2,4,6,8,10H3. The fourth-order valence-electron chi connectivity index (χ4n) is 3.92. The SMILES string of the molecule is C=C(C)C(=O)OC(CCCCC)C(CC(OC(=O)C(=C)C)C(CCCCCCC)OC(=O)C(=C)C)OC(=O)C(=C)C. The van der Waals surface area contributed by atoms with Crippen molar-refractivity contribution in [1.82, 2.24) is 0 Å². The van der Waals surface area contributed by atoms with Crippen LogP contribution >= 0.6 is 0 Å². The fourth-order valence-corrected chi connectivity index (χ4v) is 3.92. The van der Waals surface area contributed by atoms with Gasteiger partial charge in [0, 0.05) is 28.7 Å². The van der Waals surface area contributed by atoms with Gasteiger partial charge < -0.3 is 18.9 Å². The first-order valence-electron chi connectivity index (χ1n) is 14.7. The molecule has 0 saturated heterocycles. The van der Waals surface area contributed by atoms with Gasteiger partial charge in [-0.2, -0.15) is 0 Å². The average molecular weight is 577 g/mol. The maximum atomic E-state index is 12.8. The van der Waals surface area contributed by atoms with E-state index in [4.69, 9.17) is 18.9 Å². The van der Waals surface area contributed by atoms with Crippen molar-refractivity contribution in [1.29, 1.82) is 0 Å². The molecule has 0 fully saturated rings. The summed E-state index contributed by atoms with van der Waals surface area (Å²) in [6, 6.07) is 0. The normalized spacial score (nSPS) is 13.6. The van der Waals surface area contributed by atoms with Gasteiger partial charge in [0.2, 0.25) is 0 Å². The number of ether oxygens (including phenoxy) is 4. The van der Waals surface area contributed by atoms with Crippen LogP contribution in [-0.2, 0) is 38.1 Å². The predicted molar refractivity (Wildman–Crippen MR) is 161 cm³/mol. The van der Waals surface area contributed by atoms with Gasteiger partial charge in [-0.05, 0) is 53.4 Å². The molecule has 0 aromatic heterocycles. The Bertz CT molecular complexity index is 932. The first-order valence-corrected chi connectivity index (χ1v) is 14.7. The third-order valence-corrected chi connectivity index (χ3v) is 6.41. The molecule has 0 spiro atoms. The number of carbonyl (C=O) groups excluding carboxylic acids is 4. The van der Waals surface area contributed by atoms with Crippen LogP contribution in [0.15, 0.2) is 48.6 Å². The van der Waals surface area contributed by atoms with Gasteiger partial charge in [0.15, 0.2) is 0 Å². The van der Waals surface area contributed by atoms with Crippen molar-refractivity contribution in [3.63, 3.8) is 0 Å². The van der Waals surface area contributed by atoms with Gasteiger partial charge >= 0.3 is 23.9 Å². The van der Waals surface area contributed by atoms with E-state index < -0.39 is 48.3 Å². The second-order valence-electron chi connectivity index (χ2n) is 10.8. The second-order valence-corrected chi connectivity index (χ2v) is 10.8. The Morgan fingerprint density at radius 1 is 0.463 bits per heavy atom. The lowest BCUT2D eigenvalue weighted by Crippen LogP contribution is -2.44. The van der Waals surface area contributed by atoms with E-state index in [0.29, 0.717) is 19.3 Å². The van der Waals surface area contributed by atoms with Crippen LogP contribution < -0.4 is 0 Å². The van der Waals surface area contributed by atoms with Crippen LogP contribution in [-0.4, -0.2) is 48.3 Å². The maximum absolute atomic E-state index is 12.8. The minimum absolute atomic E-state index is 0.0819. The summed E-state index contributed by atoms with van der Waals surface area (Å²) >= 11 is 0. The zero-order valence-electron chi connectivity index (χ0n) is 26.2. The van der Waals surface area contributed by atoms with Gasteiger partial charge in [0.25, 0.3) is 0 Å². The summed E-state index contributed by atoms with van der Waals surface area (Å²) in [7, 11) is 0. The van der Waals surface area contributed by atoms with Crippen molar-refractivity contribution in [2.45, 2.75) is 137 Å². The van der Waals surface area contributed by atoms with E-state index >= 15 is 0 Å². The monoisotopic (exact) mass is 576 g/mol. The summed E-state index contributed by atoms with van der Waals surface area (Å²) in [5, 5.41) is 0. The van der Waals surface area contributed by atoms with Crippen LogP contribution in [0.25, 0.3) is 0 Å². The number of hydrogen-bond donors (Lipinski definition) is 0. The van der Waals surface area contributed by atoms with Crippen molar-refractivity contribution in [3.8, 4) is 0 Å². The van der Waals surface area contributed by atoms with Crippen LogP contribution in [0.2, 0.25) is 0 Å². The molecule has 0 bridgehead atoms. The first kappa shape index (κ1) is 37.8. The molecule has 0 aromatic carbocycles. The molecule has 0 heterocycles. The molecule has 0 saturated carbocycles. The number of hydrogen-bond acceptors (Lipinski definition) is 8. The van der Waals surface area contributed by atoms with Crippen molar-refractivity contribution >= 4 is 23.9 Å². The lowest BCUT2D eigenvalue weighted by molar-refractivity contribution is -0.176. The number of unbranched alkanes of at least 4 members (excludes halogenated alkanes) is 6. The smallest absolute Gasteiger partial charge is 0.333 e. The Balaban J connectivity index is 6.55. The Morgan fingerprint density at radius 3 is 1.05 bits per heavy atom. The molecule has 4 unspecified atom stereocenters. The van der Waals surface area contributed by atoms with Gasteiger partial charge in [-0.15, -0.1) is 0 Å². The van der Waals surface area contributed by atoms with Gasteiger partial charge in [0.05, 0.1) is 0 Å². The first-order chi connectivity index (χ1) is 19.2. The molecule has 0 radical (unpaired) electrons. The van der Waals surface area contributed by atoms with E-state index in [1.165, 1.54) is 27.7 Å². The molecule has 232 valence electrons. The predicted octanol–water partition coefficient (Wildman–Crippen LogP) is 7.27. The summed E-state index contributed by atoms with van der Waals surface area (Å²) in [4.78, 5) is 50.7. The van der Waals surface area contributed by atoms with Crippen molar-refractivity contribution in [2.75, 3.05) is 0 Å². The van der Waals surface area contributed by atoms with Crippen molar-refractivity contribution in [3.05, 3.63) is 48.6 Å². The van der Waals surface area contributed by atoms with Crippen LogP contribution in [0.3, 0.4) is 0 Å². The lowest BCUT2D eigenvalue weighted by atomic mass is 9.95. The zero-order chi connectivity index (χ0) is 31.5. The van der Waals surface area contributed by atoms with Crippen LogP contribution in [0.1, 0.15) is 112 Å². The summed E-state index contributed by atoms with van der Waals surface area (Å²) in [5.74, 6) is -2.60. The molecule has 0 aromatic rings. The molecule has 0 N–H and O–H groups in total. The number of esters is 4. The molecule has 0 aliphatic carbocycles. The highest BCUT2D eigenvalue weighted by Crippen LogP contribution is 2.26. The fraction of sp³-hybridized carbons (Fsp3) is 0.636. The highest BCUT2D eigenvalue weighted by Gasteiger charge is 2.37. The van der Waals surface area contributed by atoms with E-state index in [-0.39, 0.29) is 28.7 Å². The summed E-state index contributed by atoms with van der Waals surface area (Å²) in [5.41, 5.74) is 0.710. The summed E-state index contributed by atoms with van der Waals surface area (Å²) in [6.45, 7) is 24.9. The van der Waals surface area contributed by atoms with Gasteiger partial charge in [-0.3, -0.25) is 0 Å². The molecule has 8 heteroatoms. The Morgan fingerprint density at radius 2 is 0.732 bits per heavy atom. The van der Waals surface area contributed by atoms with Crippen LogP contribution in [0.4, 0.5) is 0 Å². The number of carbonyl (C=O) groups is 4. The molecule has 0 aliphatic heterocycles. The van der Waals surface area contributed by atoms with E-state index in [1.54, 1.807) is 0 Å². The highest BCUT2D eigenvalue weighted by atomic mass is 16.6. The Hall–Kier alpha value is -3.16. The molecular weight excluding hydrogens is 524 g/mol. The van der Waals surface area contributed by atoms with E-state index in [0.717, 1.165) is 44.9 Å². The molecule has 41 heavy (non-hydrogen) atoms. The lowest BCUT2D eigenvalue weighted by Gasteiger charge is -2.33. The van der Waals surface area contributed by atoms with Crippen LogP contribution in [0.5, 0.6) is 0 Å². The highest BCUT2D eigenvalue weighted by molar-refractivity contribution is 5.89. The largest absolute Gasteiger partial charge is 0.455 e. The van der Waals surface area contributed by atoms with Crippen molar-refractivity contribution in [2.24, 2.45) is 0 Å². The molecular formula is C33H52O8. The summed E-state index contributed by atoms with van der Waals surface area (Å²) < 4.78 is 23.2. The van der Waals surface area contributed by atoms with Crippen molar-refractivity contribution < 1.29 is 38.1 Å². The van der Waals surface area contributed by atoms with E-state index in [2.05, 4.69) is 33.2 Å². The van der Waals surface area contributed by atoms with Crippen LogP contribution in [0, 0.1) is 0 Å². The van der Waals surface area contributed by atoms with Gasteiger partial charge in [-0.1, -0.05) is 78.7 Å². The minimum Gasteiger partial charge on any atom is -0.455 e. The molecule has 0 aliphatic rings. The number of rotatable bonds is 22. The maximum Gasteiger partial charge on any atom is 0.333 e. The molecule has 4 atom stereocenters. The average Bonchev–Trinajstić information content (AvgIpc) is 2.90. The molecule has 0 amide bonds. The quantitative estimate of drug-likeness (QED) is 0.0573.